The Morgan fingerprint density at radius 3 is 2.74 bits per heavy atom. The van der Waals surface area contributed by atoms with Crippen LogP contribution in [-0.2, 0) is 9.53 Å². The number of amides is 1. The Kier molecular flexibility index (Phi) is 5.36. The second kappa shape index (κ2) is 7.26. The van der Waals surface area contributed by atoms with Crippen molar-refractivity contribution in [2.24, 2.45) is 0 Å². The van der Waals surface area contributed by atoms with Crippen LogP contribution in [0.4, 0.5) is 0 Å². The molecule has 2 atom stereocenters. The zero-order valence-corrected chi connectivity index (χ0v) is 13.0. The molecule has 0 bridgehead atoms. The van der Waals surface area contributed by atoms with Crippen LogP contribution in [-0.4, -0.2) is 46.8 Å². The van der Waals surface area contributed by atoms with E-state index < -0.39 is 18.2 Å². The molecular weight excluding hydrogens is 300 g/mol. The van der Waals surface area contributed by atoms with E-state index in [2.05, 4.69) is 10.3 Å². The summed E-state index contributed by atoms with van der Waals surface area (Å²) in [5.74, 6) is -0.719. The fourth-order valence-corrected chi connectivity index (χ4v) is 2.42. The molecule has 2 rings (SSSR count). The summed E-state index contributed by atoms with van der Waals surface area (Å²) >= 11 is 0. The molecule has 1 amide bonds. The van der Waals surface area contributed by atoms with Crippen molar-refractivity contribution in [1.82, 2.24) is 10.3 Å². The van der Waals surface area contributed by atoms with Crippen molar-refractivity contribution in [2.75, 3.05) is 13.7 Å². The predicted molar refractivity (Wildman–Crippen MR) is 83.9 cm³/mol. The average Bonchev–Trinajstić information content (AvgIpc) is 3.00. The van der Waals surface area contributed by atoms with E-state index in [1.165, 1.54) is 20.1 Å². The summed E-state index contributed by atoms with van der Waals surface area (Å²) < 4.78 is 4.76. The lowest BCUT2D eigenvalue weighted by molar-refractivity contribution is -0.119. The lowest BCUT2D eigenvalue weighted by atomic mass is 9.98. The maximum absolute atomic E-state index is 11.9. The van der Waals surface area contributed by atoms with Gasteiger partial charge in [0.2, 0.25) is 5.91 Å². The first-order valence-electron chi connectivity index (χ1n) is 7.24. The van der Waals surface area contributed by atoms with E-state index in [4.69, 9.17) is 4.74 Å². The highest BCUT2D eigenvalue weighted by molar-refractivity contribution is 6.04. The average molecular weight is 320 g/mol. The second-order valence-electron chi connectivity index (χ2n) is 5.28. The first-order valence-corrected chi connectivity index (χ1v) is 7.24. The van der Waals surface area contributed by atoms with Crippen LogP contribution in [0.15, 0.2) is 24.4 Å². The van der Waals surface area contributed by atoms with Crippen LogP contribution in [0, 0.1) is 0 Å². The van der Waals surface area contributed by atoms with E-state index in [0.29, 0.717) is 22.0 Å². The molecule has 0 saturated heterocycles. The molecule has 2 aromatic rings. The zero-order valence-electron chi connectivity index (χ0n) is 13.0. The Hall–Kier alpha value is -2.38. The van der Waals surface area contributed by atoms with Gasteiger partial charge in [-0.05, 0) is 30.2 Å². The summed E-state index contributed by atoms with van der Waals surface area (Å²) in [5.41, 5.74) is 1.38. The van der Waals surface area contributed by atoms with Gasteiger partial charge in [-0.1, -0.05) is 0 Å². The first-order chi connectivity index (χ1) is 10.9. The van der Waals surface area contributed by atoms with Gasteiger partial charge in [-0.3, -0.25) is 4.79 Å². The minimum atomic E-state index is -1.18. The number of aliphatic hydroxyl groups is 2. The van der Waals surface area contributed by atoms with Crippen molar-refractivity contribution in [3.8, 4) is 0 Å². The second-order valence-corrected chi connectivity index (χ2v) is 5.28. The van der Waals surface area contributed by atoms with E-state index in [9.17, 15) is 19.8 Å². The van der Waals surface area contributed by atoms with Gasteiger partial charge < -0.3 is 25.3 Å². The minimum Gasteiger partial charge on any atom is -0.465 e. The Morgan fingerprint density at radius 1 is 1.35 bits per heavy atom. The maximum Gasteiger partial charge on any atom is 0.338 e. The number of hydrogen-bond acceptors (Lipinski definition) is 5. The molecule has 7 heteroatoms. The van der Waals surface area contributed by atoms with E-state index in [-0.39, 0.29) is 18.9 Å². The summed E-state index contributed by atoms with van der Waals surface area (Å²) in [7, 11) is 1.28. The van der Waals surface area contributed by atoms with Gasteiger partial charge in [-0.2, -0.15) is 0 Å². The van der Waals surface area contributed by atoms with Crippen molar-refractivity contribution < 1.29 is 24.5 Å². The number of carbonyl (C=O) groups is 2. The van der Waals surface area contributed by atoms with Gasteiger partial charge in [0.15, 0.2) is 0 Å². The van der Waals surface area contributed by atoms with Crippen molar-refractivity contribution in [3.63, 3.8) is 0 Å². The molecule has 0 fully saturated rings. The molecule has 2 unspecified atom stereocenters. The number of aromatic amines is 1. The van der Waals surface area contributed by atoms with E-state index in [1.54, 1.807) is 18.3 Å². The van der Waals surface area contributed by atoms with Gasteiger partial charge in [0, 0.05) is 30.6 Å². The first kappa shape index (κ1) is 17.0. The van der Waals surface area contributed by atoms with E-state index in [1.807, 2.05) is 0 Å². The molecule has 124 valence electrons. The van der Waals surface area contributed by atoms with Gasteiger partial charge in [-0.25, -0.2) is 4.79 Å². The fourth-order valence-electron chi connectivity index (χ4n) is 2.42. The van der Waals surface area contributed by atoms with Crippen molar-refractivity contribution in [1.29, 1.82) is 0 Å². The van der Waals surface area contributed by atoms with Gasteiger partial charge in [-0.15, -0.1) is 0 Å². The fraction of sp³-hybridized carbons (Fsp3) is 0.375. The number of benzene rings is 1. The third-order valence-corrected chi connectivity index (χ3v) is 3.62. The lowest BCUT2D eigenvalue weighted by Crippen LogP contribution is -2.27. The SMILES string of the molecule is COC(=O)c1cc(C(O)C(O)CCNC(C)=O)cc2[nH]ccc12. The molecule has 7 nitrogen and oxygen atoms in total. The van der Waals surface area contributed by atoms with Crippen molar-refractivity contribution in [3.05, 3.63) is 35.5 Å². The number of aromatic nitrogens is 1. The number of rotatable bonds is 6. The van der Waals surface area contributed by atoms with Crippen LogP contribution in [0.2, 0.25) is 0 Å². The van der Waals surface area contributed by atoms with Crippen molar-refractivity contribution >= 4 is 22.8 Å². The summed E-state index contributed by atoms with van der Waals surface area (Å²) in [6, 6.07) is 4.92. The van der Waals surface area contributed by atoms with Gasteiger partial charge >= 0.3 is 5.97 Å². The van der Waals surface area contributed by atoms with Crippen LogP contribution >= 0.6 is 0 Å². The summed E-state index contributed by atoms with van der Waals surface area (Å²) in [5, 5.41) is 23.6. The highest BCUT2D eigenvalue weighted by Crippen LogP contribution is 2.27. The smallest absolute Gasteiger partial charge is 0.338 e. The van der Waals surface area contributed by atoms with Crippen molar-refractivity contribution in [2.45, 2.75) is 25.6 Å². The summed E-state index contributed by atoms with van der Waals surface area (Å²) in [4.78, 5) is 25.7. The molecule has 23 heavy (non-hydrogen) atoms. The third kappa shape index (κ3) is 3.88. The molecule has 4 N–H and O–H groups in total. The number of aliphatic hydroxyl groups excluding tert-OH is 2. The number of H-pyrrole nitrogens is 1. The van der Waals surface area contributed by atoms with Crippen LogP contribution in [0.3, 0.4) is 0 Å². The minimum absolute atomic E-state index is 0.192. The summed E-state index contributed by atoms with van der Waals surface area (Å²) in [6.45, 7) is 1.63. The highest BCUT2D eigenvalue weighted by atomic mass is 16.5. The van der Waals surface area contributed by atoms with Gasteiger partial charge in [0.05, 0.1) is 18.8 Å². The molecule has 1 aromatic carbocycles. The largest absolute Gasteiger partial charge is 0.465 e. The summed E-state index contributed by atoms with van der Waals surface area (Å²) in [6.07, 6.45) is -0.378. The predicted octanol–water partition coefficient (Wildman–Crippen LogP) is 0.875. The Balaban J connectivity index is 2.24. The van der Waals surface area contributed by atoms with Crippen LogP contribution in [0.5, 0.6) is 0 Å². The molecule has 0 radical (unpaired) electrons. The number of esters is 1. The molecule has 0 aliphatic rings. The van der Waals surface area contributed by atoms with Crippen LogP contribution in [0.1, 0.15) is 35.4 Å². The zero-order chi connectivity index (χ0) is 17.0. The quantitative estimate of drug-likeness (QED) is 0.590. The Bertz CT molecular complexity index is 710. The van der Waals surface area contributed by atoms with Crippen LogP contribution < -0.4 is 5.32 Å². The molecular formula is C16H20N2O5. The molecule has 0 aliphatic heterocycles. The van der Waals surface area contributed by atoms with Gasteiger partial charge in [0.1, 0.15) is 6.10 Å². The number of methoxy groups -OCH3 is 1. The topological polar surface area (TPSA) is 112 Å². The molecule has 0 saturated carbocycles. The molecule has 1 heterocycles. The molecule has 1 aromatic heterocycles. The number of hydrogen-bond donors (Lipinski definition) is 4. The van der Waals surface area contributed by atoms with E-state index >= 15 is 0 Å². The lowest BCUT2D eigenvalue weighted by Gasteiger charge is -2.19. The third-order valence-electron chi connectivity index (χ3n) is 3.62. The monoisotopic (exact) mass is 320 g/mol. The number of fused-ring (bicyclic) bond motifs is 1. The molecule has 0 aliphatic carbocycles. The standard InChI is InChI=1S/C16H20N2O5/c1-9(19)17-6-4-14(20)15(21)10-7-12(16(22)23-2)11-3-5-18-13(11)8-10/h3,5,7-8,14-15,18,20-21H,4,6H2,1-2H3,(H,17,19). The van der Waals surface area contributed by atoms with Crippen LogP contribution in [0.25, 0.3) is 10.9 Å². The van der Waals surface area contributed by atoms with E-state index in [0.717, 1.165) is 0 Å². The maximum atomic E-state index is 11.9. The highest BCUT2D eigenvalue weighted by Gasteiger charge is 2.22. The number of nitrogens with one attached hydrogen (secondary N) is 2. The normalized spacial score (nSPS) is 13.6. The molecule has 0 spiro atoms. The Morgan fingerprint density at radius 2 is 2.09 bits per heavy atom. The number of ether oxygens (including phenoxy) is 1. The van der Waals surface area contributed by atoms with Gasteiger partial charge in [0.25, 0.3) is 0 Å². The number of carbonyl (C=O) groups excluding carboxylic acids is 2. The Labute approximate surface area is 133 Å².